The number of nitrogens with one attached hydrogen (secondary N) is 1. The third-order valence-corrected chi connectivity index (χ3v) is 3.04. The number of carbonyl (C=O) groups excluding carboxylic acids is 1. The van der Waals surface area contributed by atoms with Crippen molar-refractivity contribution < 1.29 is 9.53 Å². The fourth-order valence-electron chi connectivity index (χ4n) is 2.15. The number of carbonyl (C=O) groups is 1. The van der Waals surface area contributed by atoms with Crippen molar-refractivity contribution in [3.05, 3.63) is 42.2 Å². The Morgan fingerprint density at radius 1 is 1.29 bits per heavy atom. The smallest absolute Gasteiger partial charge is 0.272 e. The maximum atomic E-state index is 12.3. The number of hydrogen-bond acceptors (Lipinski definition) is 3. The van der Waals surface area contributed by atoms with E-state index < -0.39 is 0 Å². The molecule has 2 aromatic rings. The molecule has 1 aromatic heterocycles. The summed E-state index contributed by atoms with van der Waals surface area (Å²) in [4.78, 5) is 12.3. The molecule has 1 aromatic carbocycles. The highest BCUT2D eigenvalue weighted by molar-refractivity contribution is 6.03. The molecule has 0 aliphatic heterocycles. The molecule has 5 nitrogen and oxygen atoms in total. The lowest BCUT2D eigenvalue weighted by atomic mass is 10.3. The molecular weight excluding hydrogens is 266 g/mol. The van der Waals surface area contributed by atoms with Gasteiger partial charge >= 0.3 is 0 Å². The Bertz CT molecular complexity index is 602. The van der Waals surface area contributed by atoms with E-state index in [0.29, 0.717) is 18.0 Å². The van der Waals surface area contributed by atoms with Crippen molar-refractivity contribution in [2.75, 3.05) is 17.7 Å². The monoisotopic (exact) mass is 287 g/mol. The van der Waals surface area contributed by atoms with Gasteiger partial charge in [0.05, 0.1) is 12.3 Å². The van der Waals surface area contributed by atoms with Crippen molar-refractivity contribution >= 4 is 17.3 Å². The maximum Gasteiger partial charge on any atom is 0.272 e. The second kappa shape index (κ2) is 6.83. The van der Waals surface area contributed by atoms with Crippen molar-refractivity contribution in [3.8, 4) is 5.75 Å². The van der Waals surface area contributed by atoms with Crippen molar-refractivity contribution in [3.63, 3.8) is 0 Å². The Morgan fingerprint density at radius 2 is 2.00 bits per heavy atom. The van der Waals surface area contributed by atoms with Crippen molar-refractivity contribution in [1.29, 1.82) is 0 Å². The lowest BCUT2D eigenvalue weighted by Gasteiger charge is -2.09. The number of anilines is 2. The van der Waals surface area contributed by atoms with E-state index in [0.717, 1.165) is 24.4 Å². The summed E-state index contributed by atoms with van der Waals surface area (Å²) in [6, 6.07) is 9.00. The molecule has 1 amide bonds. The molecular formula is C16H21N3O2. The largest absolute Gasteiger partial charge is 0.494 e. The average Bonchev–Trinajstić information content (AvgIpc) is 2.83. The van der Waals surface area contributed by atoms with Crippen LogP contribution in [0.2, 0.25) is 0 Å². The molecule has 0 spiro atoms. The summed E-state index contributed by atoms with van der Waals surface area (Å²) >= 11 is 0. The van der Waals surface area contributed by atoms with Crippen LogP contribution in [0.4, 0.5) is 11.4 Å². The van der Waals surface area contributed by atoms with E-state index in [9.17, 15) is 4.79 Å². The van der Waals surface area contributed by atoms with Gasteiger partial charge in [-0.15, -0.1) is 0 Å². The van der Waals surface area contributed by atoms with Crippen molar-refractivity contribution in [1.82, 2.24) is 4.57 Å². The Morgan fingerprint density at radius 3 is 2.62 bits per heavy atom. The zero-order chi connectivity index (χ0) is 15.2. The Balaban J connectivity index is 2.10. The van der Waals surface area contributed by atoms with Crippen LogP contribution in [0.5, 0.6) is 5.75 Å². The molecule has 21 heavy (non-hydrogen) atoms. The zero-order valence-electron chi connectivity index (χ0n) is 12.4. The predicted octanol–water partition coefficient (Wildman–Crippen LogP) is 3.13. The number of nitrogens with zero attached hydrogens (tertiary/aromatic N) is 1. The molecule has 5 heteroatoms. The lowest BCUT2D eigenvalue weighted by Crippen LogP contribution is -2.16. The number of nitrogen functional groups attached to an aromatic ring is 1. The van der Waals surface area contributed by atoms with E-state index in [2.05, 4.69) is 12.2 Å². The van der Waals surface area contributed by atoms with Crippen LogP contribution in [0.1, 0.15) is 30.8 Å². The summed E-state index contributed by atoms with van der Waals surface area (Å²) < 4.78 is 7.25. The summed E-state index contributed by atoms with van der Waals surface area (Å²) in [5.41, 5.74) is 7.67. The molecule has 2 rings (SSSR count). The molecule has 0 aliphatic carbocycles. The van der Waals surface area contributed by atoms with Crippen LogP contribution in [0.25, 0.3) is 0 Å². The summed E-state index contributed by atoms with van der Waals surface area (Å²) in [6.45, 7) is 5.38. The van der Waals surface area contributed by atoms with Gasteiger partial charge in [-0.3, -0.25) is 4.79 Å². The normalized spacial score (nSPS) is 10.4. The van der Waals surface area contributed by atoms with Crippen LogP contribution in [0, 0.1) is 0 Å². The molecule has 0 unspecified atom stereocenters. The average molecular weight is 287 g/mol. The van der Waals surface area contributed by atoms with Gasteiger partial charge in [-0.25, -0.2) is 0 Å². The number of nitrogens with two attached hydrogens (primary N) is 1. The molecule has 0 atom stereocenters. The van der Waals surface area contributed by atoms with E-state index >= 15 is 0 Å². The molecule has 3 N–H and O–H groups in total. The standard InChI is InChI=1S/C16H21N3O2/c1-3-9-19-11-12(17)10-15(19)16(20)18-13-5-7-14(8-6-13)21-4-2/h5-8,10-11H,3-4,9,17H2,1-2H3,(H,18,20). The van der Waals surface area contributed by atoms with E-state index in [4.69, 9.17) is 10.5 Å². The first kappa shape index (κ1) is 15.0. The quantitative estimate of drug-likeness (QED) is 0.857. The topological polar surface area (TPSA) is 69.3 Å². The minimum absolute atomic E-state index is 0.163. The van der Waals surface area contributed by atoms with Crippen LogP contribution in [0.3, 0.4) is 0 Å². The highest BCUT2D eigenvalue weighted by Gasteiger charge is 2.12. The van der Waals surface area contributed by atoms with Gasteiger partial charge in [0.2, 0.25) is 0 Å². The minimum atomic E-state index is -0.163. The van der Waals surface area contributed by atoms with Gasteiger partial charge < -0.3 is 20.4 Å². The number of rotatable bonds is 6. The van der Waals surface area contributed by atoms with Gasteiger partial charge in [-0.1, -0.05) is 6.92 Å². The number of ether oxygens (including phenoxy) is 1. The van der Waals surface area contributed by atoms with Crippen LogP contribution >= 0.6 is 0 Å². The maximum absolute atomic E-state index is 12.3. The number of amides is 1. The predicted molar refractivity (Wildman–Crippen MR) is 84.7 cm³/mol. The second-order valence-corrected chi connectivity index (χ2v) is 4.76. The molecule has 0 saturated carbocycles. The van der Waals surface area contributed by atoms with E-state index in [1.54, 1.807) is 12.3 Å². The van der Waals surface area contributed by atoms with Crippen LogP contribution in [0.15, 0.2) is 36.5 Å². The van der Waals surface area contributed by atoms with Gasteiger partial charge in [0, 0.05) is 18.4 Å². The van der Waals surface area contributed by atoms with Crippen molar-refractivity contribution in [2.45, 2.75) is 26.8 Å². The summed E-state index contributed by atoms with van der Waals surface area (Å²) in [6.07, 6.45) is 2.73. The van der Waals surface area contributed by atoms with Crippen LogP contribution < -0.4 is 15.8 Å². The van der Waals surface area contributed by atoms with E-state index in [-0.39, 0.29) is 5.91 Å². The second-order valence-electron chi connectivity index (χ2n) is 4.76. The zero-order valence-corrected chi connectivity index (χ0v) is 12.4. The molecule has 0 bridgehead atoms. The molecule has 0 radical (unpaired) electrons. The van der Waals surface area contributed by atoms with Gasteiger partial charge in [0.25, 0.3) is 5.91 Å². The number of hydrogen-bond donors (Lipinski definition) is 2. The summed E-state index contributed by atoms with van der Waals surface area (Å²) in [5.74, 6) is 0.624. The SMILES string of the molecule is CCCn1cc(N)cc1C(=O)Nc1ccc(OCC)cc1. The highest BCUT2D eigenvalue weighted by Crippen LogP contribution is 2.18. The van der Waals surface area contributed by atoms with E-state index in [1.165, 1.54) is 0 Å². The lowest BCUT2D eigenvalue weighted by molar-refractivity contribution is 0.101. The van der Waals surface area contributed by atoms with Gasteiger partial charge in [-0.05, 0) is 43.7 Å². The minimum Gasteiger partial charge on any atom is -0.494 e. The number of benzene rings is 1. The molecule has 112 valence electrons. The van der Waals surface area contributed by atoms with Crippen molar-refractivity contribution in [2.24, 2.45) is 0 Å². The summed E-state index contributed by atoms with van der Waals surface area (Å²) in [5, 5.41) is 2.87. The van der Waals surface area contributed by atoms with Gasteiger partial charge in [0.15, 0.2) is 0 Å². The Kier molecular flexibility index (Phi) is 4.87. The van der Waals surface area contributed by atoms with E-state index in [1.807, 2.05) is 35.8 Å². The summed E-state index contributed by atoms with van der Waals surface area (Å²) in [7, 11) is 0. The third-order valence-electron chi connectivity index (χ3n) is 3.04. The first-order valence-corrected chi connectivity index (χ1v) is 7.14. The Hall–Kier alpha value is -2.43. The van der Waals surface area contributed by atoms with Crippen LogP contribution in [-0.2, 0) is 6.54 Å². The first-order chi connectivity index (χ1) is 10.1. The van der Waals surface area contributed by atoms with Gasteiger partial charge in [-0.2, -0.15) is 0 Å². The third kappa shape index (κ3) is 3.78. The molecule has 0 fully saturated rings. The number of aryl methyl sites for hydroxylation is 1. The first-order valence-electron chi connectivity index (χ1n) is 7.14. The van der Waals surface area contributed by atoms with Gasteiger partial charge in [0.1, 0.15) is 11.4 Å². The molecule has 0 saturated heterocycles. The Labute approximate surface area is 124 Å². The number of aromatic nitrogens is 1. The molecule has 1 heterocycles. The fraction of sp³-hybridized carbons (Fsp3) is 0.312. The molecule has 0 aliphatic rings. The highest BCUT2D eigenvalue weighted by atomic mass is 16.5. The fourth-order valence-corrected chi connectivity index (χ4v) is 2.15. The van der Waals surface area contributed by atoms with Crippen LogP contribution in [-0.4, -0.2) is 17.1 Å².